The third kappa shape index (κ3) is 2.35. The number of anilines is 1. The second kappa shape index (κ2) is 5.26. The number of aromatic nitrogens is 3. The lowest BCUT2D eigenvalue weighted by atomic mass is 10.2. The molecule has 0 saturated heterocycles. The van der Waals surface area contributed by atoms with E-state index in [0.29, 0.717) is 11.5 Å². The molecule has 2 aromatic rings. The van der Waals surface area contributed by atoms with Crippen LogP contribution in [0.5, 0.6) is 0 Å². The summed E-state index contributed by atoms with van der Waals surface area (Å²) in [6.45, 7) is 0.840. The lowest BCUT2D eigenvalue weighted by Gasteiger charge is -2.08. The van der Waals surface area contributed by atoms with Gasteiger partial charge in [-0.3, -0.25) is 14.7 Å². The monoisotopic (exact) mass is 292 g/mol. The topological polar surface area (TPSA) is 59.8 Å². The van der Waals surface area contributed by atoms with Crippen molar-refractivity contribution in [2.45, 2.75) is 16.6 Å². The van der Waals surface area contributed by atoms with Crippen molar-refractivity contribution in [2.75, 3.05) is 17.3 Å². The molecule has 1 amide bonds. The fourth-order valence-electron chi connectivity index (χ4n) is 1.92. The summed E-state index contributed by atoms with van der Waals surface area (Å²) < 4.78 is 1.93. The van der Waals surface area contributed by atoms with E-state index in [2.05, 4.69) is 15.5 Å². The molecule has 0 unspecified atom stereocenters. The molecular weight excluding hydrogens is 280 g/mol. The zero-order chi connectivity index (χ0) is 13.2. The third-order valence-electron chi connectivity index (χ3n) is 2.84. The molecule has 0 atom stereocenters. The number of nitrogens with one attached hydrogen (secondary N) is 1. The Hall–Kier alpha value is -1.47. The minimum Gasteiger partial charge on any atom is -0.290 e. The van der Waals surface area contributed by atoms with Crippen molar-refractivity contribution in [1.29, 1.82) is 0 Å². The third-order valence-corrected chi connectivity index (χ3v) is 4.58. The Bertz CT molecular complexity index is 626. The van der Waals surface area contributed by atoms with Crippen molar-refractivity contribution in [2.24, 2.45) is 0 Å². The van der Waals surface area contributed by atoms with Gasteiger partial charge >= 0.3 is 0 Å². The van der Waals surface area contributed by atoms with E-state index in [4.69, 9.17) is 0 Å². The van der Waals surface area contributed by atoms with Gasteiger partial charge < -0.3 is 0 Å². The van der Waals surface area contributed by atoms with Crippen molar-refractivity contribution < 1.29 is 4.79 Å². The summed E-state index contributed by atoms with van der Waals surface area (Å²) in [4.78, 5) is 13.2. The van der Waals surface area contributed by atoms with Crippen molar-refractivity contribution >= 4 is 35.4 Å². The maximum atomic E-state index is 12.3. The second-order valence-corrected chi connectivity index (χ2v) is 5.87. The van der Waals surface area contributed by atoms with Crippen LogP contribution in [0.4, 0.5) is 5.95 Å². The molecule has 0 spiro atoms. The molecule has 5 nitrogen and oxygen atoms in total. The van der Waals surface area contributed by atoms with Gasteiger partial charge in [-0.25, -0.2) is 0 Å². The minimum atomic E-state index is -0.142. The summed E-state index contributed by atoms with van der Waals surface area (Å²) in [6, 6.07) is 7.54. The highest BCUT2D eigenvalue weighted by Crippen LogP contribution is 2.27. The van der Waals surface area contributed by atoms with Crippen LogP contribution >= 0.6 is 23.5 Å². The SMILES string of the molecule is CSc1ccccc1C(=O)Nc1nnc2n1CCS2. The van der Waals surface area contributed by atoms with Gasteiger partial charge in [-0.15, -0.1) is 22.0 Å². The lowest BCUT2D eigenvalue weighted by molar-refractivity contribution is 0.102. The molecule has 98 valence electrons. The van der Waals surface area contributed by atoms with Crippen LogP contribution in [0.1, 0.15) is 10.4 Å². The summed E-state index contributed by atoms with van der Waals surface area (Å²) in [5.74, 6) is 1.37. The molecule has 0 radical (unpaired) electrons. The number of nitrogens with zero attached hydrogens (tertiary/aromatic N) is 3. The molecule has 7 heteroatoms. The smallest absolute Gasteiger partial charge is 0.259 e. The highest BCUT2D eigenvalue weighted by atomic mass is 32.2. The van der Waals surface area contributed by atoms with E-state index in [0.717, 1.165) is 22.3 Å². The van der Waals surface area contributed by atoms with E-state index in [-0.39, 0.29) is 5.91 Å². The Morgan fingerprint density at radius 2 is 2.26 bits per heavy atom. The van der Waals surface area contributed by atoms with Crippen LogP contribution in [0.25, 0.3) is 0 Å². The largest absolute Gasteiger partial charge is 0.290 e. The summed E-state index contributed by atoms with van der Waals surface area (Å²) in [5.41, 5.74) is 0.665. The Labute approximate surface area is 119 Å². The van der Waals surface area contributed by atoms with Gasteiger partial charge in [0.25, 0.3) is 5.91 Å². The number of hydrogen-bond acceptors (Lipinski definition) is 5. The highest BCUT2D eigenvalue weighted by molar-refractivity contribution is 7.99. The Balaban J connectivity index is 1.85. The van der Waals surface area contributed by atoms with E-state index < -0.39 is 0 Å². The fourth-order valence-corrected chi connectivity index (χ4v) is 3.40. The number of carbonyl (C=O) groups is 1. The number of rotatable bonds is 3. The van der Waals surface area contributed by atoms with Gasteiger partial charge in [0.15, 0.2) is 5.16 Å². The average Bonchev–Trinajstić information content (AvgIpc) is 3.03. The van der Waals surface area contributed by atoms with E-state index in [1.807, 2.05) is 35.1 Å². The van der Waals surface area contributed by atoms with E-state index in [1.165, 1.54) is 0 Å². The van der Waals surface area contributed by atoms with Crippen LogP contribution < -0.4 is 5.32 Å². The molecule has 1 aliphatic heterocycles. The van der Waals surface area contributed by atoms with E-state index in [9.17, 15) is 4.79 Å². The van der Waals surface area contributed by atoms with Crippen LogP contribution in [0.2, 0.25) is 0 Å². The Kier molecular flexibility index (Phi) is 3.48. The summed E-state index contributed by atoms with van der Waals surface area (Å²) >= 11 is 3.21. The summed E-state index contributed by atoms with van der Waals surface area (Å²) in [5, 5.41) is 11.8. The van der Waals surface area contributed by atoms with Gasteiger partial charge in [0.05, 0.1) is 5.56 Å². The number of hydrogen-bond donors (Lipinski definition) is 1. The number of carbonyl (C=O) groups excluding carboxylic acids is 1. The molecule has 0 aliphatic carbocycles. The first-order chi connectivity index (χ1) is 9.29. The van der Waals surface area contributed by atoms with Gasteiger partial charge in [-0.1, -0.05) is 23.9 Å². The highest BCUT2D eigenvalue weighted by Gasteiger charge is 2.20. The van der Waals surface area contributed by atoms with Crippen LogP contribution in [0, 0.1) is 0 Å². The fraction of sp³-hybridized carbons (Fsp3) is 0.250. The first-order valence-electron chi connectivity index (χ1n) is 5.80. The molecule has 0 bridgehead atoms. The van der Waals surface area contributed by atoms with Crippen LogP contribution in [0.3, 0.4) is 0 Å². The molecule has 0 fully saturated rings. The van der Waals surface area contributed by atoms with Crippen molar-refractivity contribution in [3.8, 4) is 0 Å². The molecular formula is C12H12N4OS2. The standard InChI is InChI=1S/C12H12N4OS2/c1-18-9-5-3-2-4-8(9)10(17)13-11-14-15-12-16(11)6-7-19-12/h2-5H,6-7H2,1H3,(H,13,14,17). The van der Waals surface area contributed by atoms with Gasteiger partial charge in [-0.05, 0) is 18.4 Å². The quantitative estimate of drug-likeness (QED) is 0.880. The van der Waals surface area contributed by atoms with Gasteiger partial charge in [0, 0.05) is 17.2 Å². The Morgan fingerprint density at radius 3 is 3.11 bits per heavy atom. The number of benzene rings is 1. The molecule has 1 aromatic heterocycles. The molecule has 3 rings (SSSR count). The maximum absolute atomic E-state index is 12.3. The first kappa shape index (κ1) is 12.6. The van der Waals surface area contributed by atoms with Crippen molar-refractivity contribution in [1.82, 2.24) is 14.8 Å². The predicted octanol–water partition coefficient (Wildman–Crippen LogP) is 2.36. The van der Waals surface area contributed by atoms with Gasteiger partial charge in [0.2, 0.25) is 5.95 Å². The Morgan fingerprint density at radius 1 is 1.42 bits per heavy atom. The minimum absolute atomic E-state index is 0.142. The number of amides is 1. The van der Waals surface area contributed by atoms with Gasteiger partial charge in [0.1, 0.15) is 0 Å². The van der Waals surface area contributed by atoms with E-state index in [1.54, 1.807) is 23.5 Å². The predicted molar refractivity (Wildman–Crippen MR) is 76.9 cm³/mol. The summed E-state index contributed by atoms with van der Waals surface area (Å²) in [6.07, 6.45) is 1.96. The van der Waals surface area contributed by atoms with Crippen molar-refractivity contribution in [3.05, 3.63) is 29.8 Å². The van der Waals surface area contributed by atoms with Crippen molar-refractivity contribution in [3.63, 3.8) is 0 Å². The molecule has 0 saturated carbocycles. The summed E-state index contributed by atoms with van der Waals surface area (Å²) in [7, 11) is 0. The van der Waals surface area contributed by atoms with Crippen LogP contribution in [-0.2, 0) is 6.54 Å². The molecule has 1 N–H and O–H groups in total. The number of thioether (sulfide) groups is 2. The molecule has 2 heterocycles. The molecule has 1 aromatic carbocycles. The van der Waals surface area contributed by atoms with E-state index >= 15 is 0 Å². The zero-order valence-electron chi connectivity index (χ0n) is 10.3. The first-order valence-corrected chi connectivity index (χ1v) is 8.01. The number of fused-ring (bicyclic) bond motifs is 1. The van der Waals surface area contributed by atoms with Crippen LogP contribution in [0.15, 0.2) is 34.3 Å². The average molecular weight is 292 g/mol. The normalized spacial score (nSPS) is 13.3. The second-order valence-electron chi connectivity index (χ2n) is 3.96. The molecule has 19 heavy (non-hydrogen) atoms. The van der Waals surface area contributed by atoms with Gasteiger partial charge in [-0.2, -0.15) is 0 Å². The maximum Gasteiger partial charge on any atom is 0.259 e. The molecule has 1 aliphatic rings. The van der Waals surface area contributed by atoms with Crippen LogP contribution in [-0.4, -0.2) is 32.7 Å². The lowest BCUT2D eigenvalue weighted by Crippen LogP contribution is -2.16. The zero-order valence-corrected chi connectivity index (χ0v) is 11.9.